The highest BCUT2D eigenvalue weighted by Crippen LogP contribution is 2.32. The van der Waals surface area contributed by atoms with Gasteiger partial charge in [-0.05, 0) is 49.4 Å². The zero-order valence-corrected chi connectivity index (χ0v) is 16.6. The lowest BCUT2D eigenvalue weighted by atomic mass is 10.1. The molecule has 0 radical (unpaired) electrons. The van der Waals surface area contributed by atoms with Crippen molar-refractivity contribution < 1.29 is 19.2 Å². The van der Waals surface area contributed by atoms with E-state index in [1.807, 2.05) is 29.2 Å². The Labute approximate surface area is 174 Å². The second-order valence-electron chi connectivity index (χ2n) is 7.51. The average molecular weight is 409 g/mol. The molecule has 1 fully saturated rings. The van der Waals surface area contributed by atoms with Crippen LogP contribution >= 0.6 is 0 Å². The van der Waals surface area contributed by atoms with Crippen LogP contribution in [-0.2, 0) is 16.0 Å². The smallest absolute Gasteiger partial charge is 0.338 e. The monoisotopic (exact) mass is 409 g/mol. The van der Waals surface area contributed by atoms with Gasteiger partial charge < -0.3 is 14.5 Å². The Kier molecular flexibility index (Phi) is 5.65. The highest BCUT2D eigenvalue weighted by atomic mass is 16.6. The molecular formula is C22H23N3O5. The number of fused-ring (bicyclic) bond motifs is 1. The van der Waals surface area contributed by atoms with Crippen molar-refractivity contribution in [2.24, 2.45) is 0 Å². The Morgan fingerprint density at radius 3 is 2.53 bits per heavy atom. The van der Waals surface area contributed by atoms with Crippen molar-refractivity contribution in [1.29, 1.82) is 0 Å². The predicted molar refractivity (Wildman–Crippen MR) is 112 cm³/mol. The molecule has 0 spiro atoms. The molecule has 0 bridgehead atoms. The topological polar surface area (TPSA) is 93.0 Å². The Bertz CT molecular complexity index is 984. The maximum absolute atomic E-state index is 12.5. The maximum Gasteiger partial charge on any atom is 0.338 e. The Balaban J connectivity index is 1.44. The minimum Gasteiger partial charge on any atom is -0.452 e. The van der Waals surface area contributed by atoms with Crippen molar-refractivity contribution in [3.63, 3.8) is 0 Å². The highest BCUT2D eigenvalue weighted by Gasteiger charge is 2.26. The molecule has 1 saturated heterocycles. The standard InChI is InChI=1S/C22H23N3O5/c26-21(24-13-10-16-6-2-3-7-18(16)24)15-30-22(27)17-8-9-19(20(14-17)25(28)29)23-11-4-1-5-12-23/h2-3,6-9,14H,1,4-5,10-13,15H2. The van der Waals surface area contributed by atoms with Crippen LogP contribution in [0.5, 0.6) is 0 Å². The minimum absolute atomic E-state index is 0.0667. The van der Waals surface area contributed by atoms with Gasteiger partial charge in [-0.15, -0.1) is 0 Å². The molecular weight excluding hydrogens is 386 g/mol. The zero-order chi connectivity index (χ0) is 21.1. The van der Waals surface area contributed by atoms with Gasteiger partial charge in [0.05, 0.1) is 10.5 Å². The predicted octanol–water partition coefficient (Wildman–Crippen LogP) is 3.33. The number of rotatable bonds is 5. The van der Waals surface area contributed by atoms with Crippen molar-refractivity contribution in [3.8, 4) is 0 Å². The lowest BCUT2D eigenvalue weighted by Gasteiger charge is -2.28. The van der Waals surface area contributed by atoms with Crippen LogP contribution in [0.25, 0.3) is 0 Å². The van der Waals surface area contributed by atoms with Crippen molar-refractivity contribution in [1.82, 2.24) is 0 Å². The molecule has 2 aliphatic rings. The summed E-state index contributed by atoms with van der Waals surface area (Å²) in [7, 11) is 0. The number of carbonyl (C=O) groups is 2. The number of nitro benzene ring substituents is 1. The fourth-order valence-corrected chi connectivity index (χ4v) is 4.08. The SMILES string of the molecule is O=C(OCC(=O)N1CCc2ccccc21)c1ccc(N2CCCCC2)c([N+](=O)[O-])c1. The summed E-state index contributed by atoms with van der Waals surface area (Å²) < 4.78 is 5.17. The fraction of sp³-hybridized carbons (Fsp3) is 0.364. The highest BCUT2D eigenvalue weighted by molar-refractivity contribution is 5.98. The average Bonchev–Trinajstić information content (AvgIpc) is 3.21. The van der Waals surface area contributed by atoms with E-state index in [1.165, 1.54) is 12.1 Å². The first-order valence-corrected chi connectivity index (χ1v) is 10.1. The summed E-state index contributed by atoms with van der Waals surface area (Å²) in [5.41, 5.74) is 2.38. The molecule has 2 aromatic carbocycles. The summed E-state index contributed by atoms with van der Waals surface area (Å²) >= 11 is 0. The molecule has 2 heterocycles. The van der Waals surface area contributed by atoms with E-state index < -0.39 is 17.5 Å². The van der Waals surface area contributed by atoms with Gasteiger partial charge in [-0.1, -0.05) is 18.2 Å². The molecule has 30 heavy (non-hydrogen) atoms. The third-order valence-electron chi connectivity index (χ3n) is 5.62. The van der Waals surface area contributed by atoms with E-state index in [0.29, 0.717) is 12.2 Å². The number of amides is 1. The van der Waals surface area contributed by atoms with Gasteiger partial charge in [0.2, 0.25) is 0 Å². The molecule has 2 aliphatic heterocycles. The number of nitrogens with zero attached hydrogens (tertiary/aromatic N) is 3. The van der Waals surface area contributed by atoms with Crippen LogP contribution in [0.3, 0.4) is 0 Å². The number of para-hydroxylation sites is 1. The molecule has 8 heteroatoms. The Morgan fingerprint density at radius 1 is 1.00 bits per heavy atom. The van der Waals surface area contributed by atoms with E-state index in [-0.39, 0.29) is 17.2 Å². The van der Waals surface area contributed by atoms with Gasteiger partial charge in [0.1, 0.15) is 5.69 Å². The lowest BCUT2D eigenvalue weighted by molar-refractivity contribution is -0.384. The largest absolute Gasteiger partial charge is 0.452 e. The first kappa shape index (κ1) is 19.9. The second kappa shape index (κ2) is 8.52. The molecule has 4 rings (SSSR count). The van der Waals surface area contributed by atoms with Gasteiger partial charge in [-0.25, -0.2) is 4.79 Å². The Morgan fingerprint density at radius 2 is 1.77 bits per heavy atom. The van der Waals surface area contributed by atoms with Gasteiger partial charge >= 0.3 is 5.97 Å². The summed E-state index contributed by atoms with van der Waals surface area (Å²) in [5, 5.41) is 11.6. The van der Waals surface area contributed by atoms with E-state index in [0.717, 1.165) is 50.0 Å². The zero-order valence-electron chi connectivity index (χ0n) is 16.6. The number of piperidine rings is 1. The van der Waals surface area contributed by atoms with Crippen LogP contribution in [-0.4, -0.2) is 43.0 Å². The third kappa shape index (κ3) is 3.98. The van der Waals surface area contributed by atoms with Gasteiger partial charge in [-0.3, -0.25) is 14.9 Å². The van der Waals surface area contributed by atoms with E-state index in [2.05, 4.69) is 0 Å². The second-order valence-corrected chi connectivity index (χ2v) is 7.51. The number of nitro groups is 1. The van der Waals surface area contributed by atoms with Gasteiger partial charge in [-0.2, -0.15) is 0 Å². The number of hydrogen-bond acceptors (Lipinski definition) is 6. The van der Waals surface area contributed by atoms with Crippen LogP contribution in [0, 0.1) is 10.1 Å². The molecule has 2 aromatic rings. The van der Waals surface area contributed by atoms with Gasteiger partial charge in [0, 0.05) is 31.4 Å². The normalized spacial score (nSPS) is 15.6. The minimum atomic E-state index is -0.746. The molecule has 0 N–H and O–H groups in total. The van der Waals surface area contributed by atoms with E-state index >= 15 is 0 Å². The van der Waals surface area contributed by atoms with E-state index in [9.17, 15) is 19.7 Å². The number of esters is 1. The molecule has 156 valence electrons. The van der Waals surface area contributed by atoms with Crippen LogP contribution in [0.2, 0.25) is 0 Å². The summed E-state index contributed by atoms with van der Waals surface area (Å²) in [6.45, 7) is 1.66. The van der Waals surface area contributed by atoms with Crippen LogP contribution in [0.15, 0.2) is 42.5 Å². The summed E-state index contributed by atoms with van der Waals surface area (Å²) in [5.74, 6) is -1.06. The lowest BCUT2D eigenvalue weighted by Crippen LogP contribution is -2.33. The number of anilines is 2. The van der Waals surface area contributed by atoms with Crippen molar-refractivity contribution in [3.05, 3.63) is 63.7 Å². The van der Waals surface area contributed by atoms with Crippen molar-refractivity contribution in [2.45, 2.75) is 25.7 Å². The number of ether oxygens (including phenoxy) is 1. The molecule has 0 saturated carbocycles. The van der Waals surface area contributed by atoms with Gasteiger partial charge in [0.25, 0.3) is 11.6 Å². The summed E-state index contributed by atoms with van der Waals surface area (Å²) in [6, 6.07) is 12.0. The maximum atomic E-state index is 12.5. The summed E-state index contributed by atoms with van der Waals surface area (Å²) in [4.78, 5) is 39.6. The molecule has 0 aromatic heterocycles. The van der Waals surface area contributed by atoms with Crippen molar-refractivity contribution >= 4 is 28.9 Å². The molecule has 1 amide bonds. The van der Waals surface area contributed by atoms with Crippen LogP contribution < -0.4 is 9.80 Å². The van der Waals surface area contributed by atoms with Crippen LogP contribution in [0.4, 0.5) is 17.1 Å². The number of carbonyl (C=O) groups excluding carboxylic acids is 2. The molecule has 0 atom stereocenters. The molecule has 0 unspecified atom stereocenters. The fourth-order valence-electron chi connectivity index (χ4n) is 4.08. The van der Waals surface area contributed by atoms with Crippen LogP contribution in [0.1, 0.15) is 35.2 Å². The van der Waals surface area contributed by atoms with E-state index in [4.69, 9.17) is 4.74 Å². The van der Waals surface area contributed by atoms with Gasteiger partial charge in [0.15, 0.2) is 6.61 Å². The first-order chi connectivity index (χ1) is 14.5. The first-order valence-electron chi connectivity index (χ1n) is 10.1. The van der Waals surface area contributed by atoms with E-state index in [1.54, 1.807) is 11.0 Å². The third-order valence-corrected chi connectivity index (χ3v) is 5.62. The Hall–Kier alpha value is -3.42. The number of hydrogen-bond donors (Lipinski definition) is 0. The summed E-state index contributed by atoms with van der Waals surface area (Å²) in [6.07, 6.45) is 3.86. The number of benzene rings is 2. The molecule has 8 nitrogen and oxygen atoms in total. The van der Waals surface area contributed by atoms with Crippen molar-refractivity contribution in [2.75, 3.05) is 36.0 Å². The molecule has 0 aliphatic carbocycles. The quantitative estimate of drug-likeness (QED) is 0.427.